The molecule has 0 aliphatic carbocycles. The van der Waals surface area contributed by atoms with Crippen LogP contribution in [0.4, 0.5) is 8.78 Å². The van der Waals surface area contributed by atoms with Crippen molar-refractivity contribution < 1.29 is 13.5 Å². The molecule has 76 valence electrons. The molecule has 2 rings (SSSR count). The molecule has 1 aliphatic heterocycles. The average Bonchev–Trinajstić information content (AvgIpc) is 2.44. The molecule has 0 unspecified atom stereocenters. The van der Waals surface area contributed by atoms with Gasteiger partial charge in [-0.25, -0.2) is 8.78 Å². The molecule has 1 heterocycles. The Kier molecular flexibility index (Phi) is 2.38. The first-order valence-electron chi connectivity index (χ1n) is 4.43. The predicted octanol–water partition coefficient (Wildman–Crippen LogP) is 2.33. The maximum Gasteiger partial charge on any atom is 0.147 e. The van der Waals surface area contributed by atoms with Gasteiger partial charge in [-0.2, -0.15) is 5.26 Å². The Balaban J connectivity index is 2.68. The summed E-state index contributed by atoms with van der Waals surface area (Å²) in [5.41, 5.74) is 0.0109. The van der Waals surface area contributed by atoms with Crippen molar-refractivity contribution in [3.8, 4) is 11.8 Å². The zero-order valence-corrected chi connectivity index (χ0v) is 7.76. The van der Waals surface area contributed by atoms with Crippen LogP contribution in [0.1, 0.15) is 11.1 Å². The Bertz CT molecular complexity index is 474. The van der Waals surface area contributed by atoms with Crippen LogP contribution >= 0.6 is 0 Å². The zero-order chi connectivity index (χ0) is 10.8. The fraction of sp³-hybridized carbons (Fsp3) is 0.182. The fourth-order valence-corrected chi connectivity index (χ4v) is 1.49. The minimum Gasteiger partial charge on any atom is -0.488 e. The first-order chi connectivity index (χ1) is 7.24. The third kappa shape index (κ3) is 1.57. The molecule has 1 aromatic rings. The highest BCUT2D eigenvalue weighted by atomic mass is 19.1. The van der Waals surface area contributed by atoms with Gasteiger partial charge >= 0.3 is 0 Å². The number of allylic oxidation sites excluding steroid dienone is 1. The van der Waals surface area contributed by atoms with Crippen LogP contribution in [0.3, 0.4) is 0 Å². The highest BCUT2D eigenvalue weighted by molar-refractivity contribution is 5.51. The Morgan fingerprint density at radius 1 is 1.27 bits per heavy atom. The van der Waals surface area contributed by atoms with E-state index in [4.69, 9.17) is 10.00 Å². The van der Waals surface area contributed by atoms with Crippen molar-refractivity contribution in [3.05, 3.63) is 41.0 Å². The molecule has 15 heavy (non-hydrogen) atoms. The van der Waals surface area contributed by atoms with Gasteiger partial charge in [0.05, 0.1) is 0 Å². The molecule has 0 spiro atoms. The summed E-state index contributed by atoms with van der Waals surface area (Å²) in [5, 5.41) is 8.74. The maximum absolute atomic E-state index is 13.4. The summed E-state index contributed by atoms with van der Waals surface area (Å²) >= 11 is 0. The second-order valence-electron chi connectivity index (χ2n) is 3.12. The van der Waals surface area contributed by atoms with Crippen LogP contribution in [-0.2, 0) is 6.42 Å². The van der Waals surface area contributed by atoms with E-state index in [2.05, 4.69) is 0 Å². The van der Waals surface area contributed by atoms with E-state index in [0.717, 1.165) is 6.07 Å². The second kappa shape index (κ2) is 3.70. The van der Waals surface area contributed by atoms with Gasteiger partial charge in [-0.1, -0.05) is 12.2 Å². The lowest BCUT2D eigenvalue weighted by atomic mass is 10.1. The van der Waals surface area contributed by atoms with Crippen LogP contribution in [0.2, 0.25) is 0 Å². The summed E-state index contributed by atoms with van der Waals surface area (Å²) in [6.45, 7) is 0.227. The normalized spacial score (nSPS) is 13.7. The van der Waals surface area contributed by atoms with Crippen molar-refractivity contribution in [3.63, 3.8) is 0 Å². The number of fused-ring (bicyclic) bond motifs is 1. The van der Waals surface area contributed by atoms with E-state index in [1.54, 1.807) is 18.2 Å². The monoisotopic (exact) mass is 207 g/mol. The molecule has 0 bridgehead atoms. The van der Waals surface area contributed by atoms with E-state index in [9.17, 15) is 8.78 Å². The Hall–Kier alpha value is -1.89. The molecule has 0 saturated carbocycles. The van der Waals surface area contributed by atoms with Gasteiger partial charge in [0.25, 0.3) is 0 Å². The molecule has 0 atom stereocenters. The number of hydrogen-bond donors (Lipinski definition) is 0. The molecule has 4 heteroatoms. The first kappa shape index (κ1) is 9.66. The molecule has 2 nitrogen and oxygen atoms in total. The lowest BCUT2D eigenvalue weighted by Gasteiger charge is -2.10. The molecule has 0 aromatic heterocycles. The second-order valence-corrected chi connectivity index (χ2v) is 3.12. The first-order valence-corrected chi connectivity index (χ1v) is 4.43. The van der Waals surface area contributed by atoms with E-state index in [1.807, 2.05) is 0 Å². The lowest BCUT2D eigenvalue weighted by molar-refractivity contribution is 0.355. The van der Waals surface area contributed by atoms with Crippen molar-refractivity contribution in [2.24, 2.45) is 0 Å². The lowest BCUT2D eigenvalue weighted by Crippen LogP contribution is -2.02. The SMILES string of the molecule is N#Cc1c(F)cc(F)c2c1OCC=CC2. The number of benzene rings is 1. The minimum absolute atomic E-state index is 0.0278. The summed E-state index contributed by atoms with van der Waals surface area (Å²) in [5.74, 6) is -1.52. The van der Waals surface area contributed by atoms with Crippen LogP contribution in [0.25, 0.3) is 0 Å². The largest absolute Gasteiger partial charge is 0.488 e. The Morgan fingerprint density at radius 2 is 2.07 bits per heavy atom. The van der Waals surface area contributed by atoms with Crippen molar-refractivity contribution in [2.75, 3.05) is 6.61 Å². The van der Waals surface area contributed by atoms with Gasteiger partial charge in [0.15, 0.2) is 0 Å². The summed E-state index contributed by atoms with van der Waals surface area (Å²) in [4.78, 5) is 0. The van der Waals surface area contributed by atoms with Crippen LogP contribution in [-0.4, -0.2) is 6.61 Å². The van der Waals surface area contributed by atoms with Crippen molar-refractivity contribution in [1.82, 2.24) is 0 Å². The van der Waals surface area contributed by atoms with E-state index in [0.29, 0.717) is 6.42 Å². The summed E-state index contributed by atoms with van der Waals surface area (Å²) < 4.78 is 31.7. The molecule has 0 radical (unpaired) electrons. The van der Waals surface area contributed by atoms with Gasteiger partial charge in [-0.15, -0.1) is 0 Å². The minimum atomic E-state index is -0.879. The van der Waals surface area contributed by atoms with E-state index in [-0.39, 0.29) is 23.5 Å². The molecule has 1 aromatic carbocycles. The number of nitrogens with zero attached hydrogens (tertiary/aromatic N) is 1. The van der Waals surface area contributed by atoms with Gasteiger partial charge in [-0.3, -0.25) is 0 Å². The standard InChI is InChI=1S/C11H7F2NO/c12-9-5-10(13)8(6-14)11-7(9)3-1-2-4-15-11/h1-2,5H,3-4H2. The topological polar surface area (TPSA) is 33.0 Å². The summed E-state index contributed by atoms with van der Waals surface area (Å²) in [6.07, 6.45) is 3.75. The van der Waals surface area contributed by atoms with Crippen LogP contribution in [0.5, 0.6) is 5.75 Å². The summed E-state index contributed by atoms with van der Waals surface area (Å²) in [7, 11) is 0. The zero-order valence-electron chi connectivity index (χ0n) is 7.76. The predicted molar refractivity (Wildman–Crippen MR) is 49.4 cm³/mol. The molecule has 1 aliphatic rings. The van der Waals surface area contributed by atoms with Crippen LogP contribution in [0.15, 0.2) is 18.2 Å². The van der Waals surface area contributed by atoms with Crippen molar-refractivity contribution >= 4 is 0 Å². The van der Waals surface area contributed by atoms with Gasteiger partial charge in [0.1, 0.15) is 35.6 Å². The number of ether oxygens (including phenoxy) is 1. The quantitative estimate of drug-likeness (QED) is 0.611. The summed E-state index contributed by atoms with van der Waals surface area (Å²) in [6, 6.07) is 2.41. The van der Waals surface area contributed by atoms with Gasteiger partial charge in [0.2, 0.25) is 0 Å². The maximum atomic E-state index is 13.4. The number of hydrogen-bond acceptors (Lipinski definition) is 2. The third-order valence-corrected chi connectivity index (χ3v) is 2.21. The van der Waals surface area contributed by atoms with Gasteiger partial charge in [-0.05, 0) is 6.42 Å². The highest BCUT2D eigenvalue weighted by Crippen LogP contribution is 2.30. The number of rotatable bonds is 0. The molecular formula is C11H7F2NO. The third-order valence-electron chi connectivity index (χ3n) is 2.21. The molecular weight excluding hydrogens is 200 g/mol. The van der Waals surface area contributed by atoms with Gasteiger partial charge < -0.3 is 4.74 Å². The average molecular weight is 207 g/mol. The van der Waals surface area contributed by atoms with Crippen molar-refractivity contribution in [2.45, 2.75) is 6.42 Å². The Labute approximate surface area is 85.4 Å². The van der Waals surface area contributed by atoms with Crippen molar-refractivity contribution in [1.29, 1.82) is 5.26 Å². The highest BCUT2D eigenvalue weighted by Gasteiger charge is 2.20. The molecule has 0 N–H and O–H groups in total. The Morgan fingerprint density at radius 3 is 2.80 bits per heavy atom. The molecule has 0 amide bonds. The molecule has 0 saturated heterocycles. The van der Waals surface area contributed by atoms with E-state index < -0.39 is 11.6 Å². The smallest absolute Gasteiger partial charge is 0.147 e. The van der Waals surface area contributed by atoms with E-state index in [1.165, 1.54) is 0 Å². The van der Waals surface area contributed by atoms with Gasteiger partial charge in [0, 0.05) is 11.6 Å². The molecule has 0 fully saturated rings. The number of halogens is 2. The van der Waals surface area contributed by atoms with E-state index >= 15 is 0 Å². The fourth-order valence-electron chi connectivity index (χ4n) is 1.49. The van der Waals surface area contributed by atoms with Crippen LogP contribution < -0.4 is 4.74 Å². The number of nitriles is 1. The van der Waals surface area contributed by atoms with Crippen LogP contribution in [0, 0.1) is 23.0 Å².